The van der Waals surface area contributed by atoms with E-state index in [1.165, 1.54) is 6.33 Å². The number of rotatable bonds is 6. The van der Waals surface area contributed by atoms with E-state index < -0.39 is 6.09 Å². The molecule has 1 aliphatic rings. The molecule has 146 valence electrons. The minimum absolute atomic E-state index is 0.0628. The Bertz CT molecular complexity index is 904. The lowest BCUT2D eigenvalue weighted by molar-refractivity contribution is 0.185. The number of carbonyl (C=O) groups is 1. The van der Waals surface area contributed by atoms with Crippen LogP contribution in [0.2, 0.25) is 0 Å². The molecule has 2 N–H and O–H groups in total. The smallest absolute Gasteiger partial charge is 0.404 e. The van der Waals surface area contributed by atoms with Crippen LogP contribution in [0.3, 0.4) is 0 Å². The molecule has 1 aromatic carbocycles. The van der Waals surface area contributed by atoms with Gasteiger partial charge in [0.25, 0.3) is 0 Å². The Morgan fingerprint density at radius 2 is 2.04 bits per heavy atom. The van der Waals surface area contributed by atoms with Gasteiger partial charge in [0, 0.05) is 17.3 Å². The summed E-state index contributed by atoms with van der Waals surface area (Å²) in [4.78, 5) is 15.5. The van der Waals surface area contributed by atoms with E-state index in [4.69, 9.17) is 14.8 Å². The van der Waals surface area contributed by atoms with Crippen molar-refractivity contribution in [3.05, 3.63) is 46.7 Å². The van der Waals surface area contributed by atoms with Gasteiger partial charge < -0.3 is 15.2 Å². The molecule has 0 unspecified atom stereocenters. The maximum Gasteiger partial charge on any atom is 0.404 e. The molecule has 0 bridgehead atoms. The minimum Gasteiger partial charge on any atom is -0.487 e. The summed E-state index contributed by atoms with van der Waals surface area (Å²) in [6.07, 6.45) is 4.22. The number of amides is 1. The van der Waals surface area contributed by atoms with E-state index >= 15 is 0 Å². The van der Waals surface area contributed by atoms with E-state index in [2.05, 4.69) is 20.8 Å². The lowest BCUT2D eigenvalue weighted by atomic mass is 9.86. The predicted octanol–water partition coefficient (Wildman–Crippen LogP) is 2.99. The van der Waals surface area contributed by atoms with E-state index in [1.807, 2.05) is 29.6 Å². The lowest BCUT2D eigenvalue weighted by Gasteiger charge is -2.27. The van der Waals surface area contributed by atoms with Crippen LogP contribution in [0.5, 0.6) is 5.75 Å². The van der Waals surface area contributed by atoms with Crippen LogP contribution in [0, 0.1) is 0 Å². The van der Waals surface area contributed by atoms with Gasteiger partial charge in [-0.1, -0.05) is 0 Å². The Morgan fingerprint density at radius 3 is 2.71 bits per heavy atom. The van der Waals surface area contributed by atoms with E-state index in [0.717, 1.165) is 47.8 Å². The van der Waals surface area contributed by atoms with Gasteiger partial charge in [-0.25, -0.2) is 14.5 Å². The number of thiazole rings is 1. The van der Waals surface area contributed by atoms with E-state index in [9.17, 15) is 4.79 Å². The molecule has 0 saturated heterocycles. The fourth-order valence-corrected chi connectivity index (χ4v) is 4.34. The predicted molar refractivity (Wildman–Crippen MR) is 102 cm³/mol. The highest BCUT2D eigenvalue weighted by molar-refractivity contribution is 7.09. The average Bonchev–Trinajstić information content (AvgIpc) is 3.39. The maximum atomic E-state index is 10.7. The quantitative estimate of drug-likeness (QED) is 0.653. The topological polar surface area (TPSA) is 115 Å². The van der Waals surface area contributed by atoms with Crippen LogP contribution in [-0.4, -0.2) is 42.4 Å². The summed E-state index contributed by atoms with van der Waals surface area (Å²) in [7, 11) is 0. The van der Waals surface area contributed by atoms with E-state index in [1.54, 1.807) is 16.0 Å². The molecular formula is C18H20N6O3S. The molecule has 4 rings (SSSR count). The van der Waals surface area contributed by atoms with Gasteiger partial charge in [-0.15, -0.1) is 16.4 Å². The molecule has 2 heterocycles. The number of hydrogen-bond acceptors (Lipinski definition) is 7. The Hall–Kier alpha value is -3.01. The van der Waals surface area contributed by atoms with Crippen LogP contribution < -0.4 is 10.1 Å². The highest BCUT2D eigenvalue weighted by Gasteiger charge is 2.25. The number of carboxylic acid groups (broad SMARTS) is 1. The summed E-state index contributed by atoms with van der Waals surface area (Å²) >= 11 is 1.65. The number of ether oxygens (including phenoxy) is 1. The first kappa shape index (κ1) is 18.4. The van der Waals surface area contributed by atoms with E-state index in [0.29, 0.717) is 12.5 Å². The summed E-state index contributed by atoms with van der Waals surface area (Å²) in [6.45, 7) is 0.413. The van der Waals surface area contributed by atoms with Gasteiger partial charge in [0.1, 0.15) is 18.7 Å². The van der Waals surface area contributed by atoms with Crippen molar-refractivity contribution in [1.82, 2.24) is 30.5 Å². The number of tetrazole rings is 1. The molecule has 0 aliphatic heterocycles. The Morgan fingerprint density at radius 1 is 1.25 bits per heavy atom. The Kier molecular flexibility index (Phi) is 5.47. The van der Waals surface area contributed by atoms with Crippen molar-refractivity contribution >= 4 is 17.4 Å². The van der Waals surface area contributed by atoms with Gasteiger partial charge >= 0.3 is 6.09 Å². The molecular weight excluding hydrogens is 380 g/mol. The van der Waals surface area contributed by atoms with Gasteiger partial charge in [0.05, 0.1) is 16.4 Å². The molecule has 10 heteroatoms. The van der Waals surface area contributed by atoms with Crippen molar-refractivity contribution in [1.29, 1.82) is 0 Å². The first-order chi connectivity index (χ1) is 13.7. The van der Waals surface area contributed by atoms with Crippen molar-refractivity contribution in [2.24, 2.45) is 0 Å². The molecule has 3 aromatic rings. The summed E-state index contributed by atoms with van der Waals surface area (Å²) < 4.78 is 7.41. The molecule has 2 aromatic heterocycles. The largest absolute Gasteiger partial charge is 0.487 e. The zero-order valence-corrected chi connectivity index (χ0v) is 15.9. The summed E-state index contributed by atoms with van der Waals surface area (Å²) in [5.41, 5.74) is 1.77. The van der Waals surface area contributed by atoms with Crippen molar-refractivity contribution in [3.63, 3.8) is 0 Å². The third kappa shape index (κ3) is 4.45. The van der Waals surface area contributed by atoms with Gasteiger partial charge in [0.15, 0.2) is 0 Å². The summed E-state index contributed by atoms with van der Waals surface area (Å²) in [6, 6.07) is 7.60. The Labute approximate surface area is 165 Å². The molecule has 28 heavy (non-hydrogen) atoms. The first-order valence-electron chi connectivity index (χ1n) is 9.07. The third-order valence-electron chi connectivity index (χ3n) is 4.81. The molecule has 1 saturated carbocycles. The highest BCUT2D eigenvalue weighted by atomic mass is 32.1. The highest BCUT2D eigenvalue weighted by Crippen LogP contribution is 2.34. The number of nitrogens with one attached hydrogen (secondary N) is 1. The van der Waals surface area contributed by atoms with Crippen molar-refractivity contribution in [3.8, 4) is 11.4 Å². The molecule has 1 amide bonds. The van der Waals surface area contributed by atoms with Gasteiger partial charge in [-0.3, -0.25) is 0 Å². The number of aromatic nitrogens is 5. The zero-order valence-electron chi connectivity index (χ0n) is 15.1. The molecule has 9 nitrogen and oxygen atoms in total. The molecule has 0 spiro atoms. The minimum atomic E-state index is -0.942. The van der Waals surface area contributed by atoms with Crippen LogP contribution in [0.25, 0.3) is 5.69 Å². The number of nitrogens with zero attached hydrogens (tertiary/aromatic N) is 5. The van der Waals surface area contributed by atoms with E-state index in [-0.39, 0.29) is 6.04 Å². The molecule has 1 aliphatic carbocycles. The average molecular weight is 400 g/mol. The second-order valence-corrected chi connectivity index (χ2v) is 7.60. The SMILES string of the molecule is O=C(O)NC1CCC(c2nc(COc3ccc(-n4cnnn4)cc3)cs2)CC1. The lowest BCUT2D eigenvalue weighted by Crippen LogP contribution is -2.36. The second-order valence-electron chi connectivity index (χ2n) is 6.71. The molecule has 0 radical (unpaired) electrons. The normalized spacial score (nSPS) is 19.3. The maximum absolute atomic E-state index is 10.7. The van der Waals surface area contributed by atoms with Gasteiger partial charge in [-0.05, 0) is 60.4 Å². The standard InChI is InChI=1S/C18H20N6O3S/c25-18(26)21-13-3-1-12(2-4-13)17-20-14(10-28-17)9-27-16-7-5-15(6-8-16)24-11-19-22-23-24/h5-8,10-13,21H,1-4,9H2,(H,25,26). The van der Waals surface area contributed by atoms with Crippen molar-refractivity contribution < 1.29 is 14.6 Å². The number of benzene rings is 1. The van der Waals surface area contributed by atoms with Crippen LogP contribution >= 0.6 is 11.3 Å². The monoisotopic (exact) mass is 400 g/mol. The van der Waals surface area contributed by atoms with Crippen molar-refractivity contribution in [2.75, 3.05) is 0 Å². The summed E-state index contributed by atoms with van der Waals surface area (Å²) in [5.74, 6) is 1.16. The molecule has 1 fully saturated rings. The third-order valence-corrected chi connectivity index (χ3v) is 5.87. The second kappa shape index (κ2) is 8.34. The van der Waals surface area contributed by atoms with Crippen LogP contribution in [0.4, 0.5) is 4.79 Å². The van der Waals surface area contributed by atoms with Gasteiger partial charge in [0.2, 0.25) is 0 Å². The van der Waals surface area contributed by atoms with Crippen LogP contribution in [-0.2, 0) is 6.61 Å². The fourth-order valence-electron chi connectivity index (χ4n) is 3.37. The van der Waals surface area contributed by atoms with Gasteiger partial charge in [-0.2, -0.15) is 0 Å². The summed E-state index contributed by atoms with van der Waals surface area (Å²) in [5, 5.41) is 25.6. The molecule has 0 atom stereocenters. The first-order valence-corrected chi connectivity index (χ1v) is 9.95. The Balaban J connectivity index is 1.29. The number of hydrogen-bond donors (Lipinski definition) is 2. The fraction of sp³-hybridized carbons (Fsp3) is 0.389. The van der Waals surface area contributed by atoms with Crippen LogP contribution in [0.1, 0.15) is 42.3 Å². The van der Waals surface area contributed by atoms with Crippen LogP contribution in [0.15, 0.2) is 36.0 Å². The van der Waals surface area contributed by atoms with Crippen molar-refractivity contribution in [2.45, 2.75) is 44.2 Å². The zero-order chi connectivity index (χ0) is 19.3.